The van der Waals surface area contributed by atoms with Crippen molar-refractivity contribution in [2.24, 2.45) is 0 Å². The third-order valence-corrected chi connectivity index (χ3v) is 3.91. The Morgan fingerprint density at radius 3 is 2.67 bits per heavy atom. The molecule has 114 valence electrons. The van der Waals surface area contributed by atoms with Gasteiger partial charge in [0.1, 0.15) is 5.01 Å². The first kappa shape index (κ1) is 16.1. The number of hydrogen-bond donors (Lipinski definition) is 2. The van der Waals surface area contributed by atoms with Gasteiger partial charge in [-0.15, -0.1) is 11.3 Å². The molecule has 0 saturated heterocycles. The van der Waals surface area contributed by atoms with Gasteiger partial charge < -0.3 is 15.3 Å². The second kappa shape index (κ2) is 7.13. The molecule has 0 fully saturated rings. The minimum atomic E-state index is -0.733. The molecule has 21 heavy (non-hydrogen) atoms. The minimum absolute atomic E-state index is 0.547. The van der Waals surface area contributed by atoms with Crippen LogP contribution in [0.15, 0.2) is 35.7 Å². The van der Waals surface area contributed by atoms with Crippen LogP contribution in [0.2, 0.25) is 0 Å². The van der Waals surface area contributed by atoms with Crippen molar-refractivity contribution in [2.75, 3.05) is 27.2 Å². The fourth-order valence-electron chi connectivity index (χ4n) is 2.31. The molecule has 1 unspecified atom stereocenters. The summed E-state index contributed by atoms with van der Waals surface area (Å²) in [5, 5.41) is 16.6. The monoisotopic (exact) mass is 305 g/mol. The summed E-state index contributed by atoms with van der Waals surface area (Å²) in [6.45, 7) is 3.71. The number of nitrogens with one attached hydrogen (secondary N) is 1. The fourth-order valence-corrected chi connectivity index (χ4v) is 3.08. The van der Waals surface area contributed by atoms with E-state index < -0.39 is 5.60 Å². The molecule has 0 bridgehead atoms. The summed E-state index contributed by atoms with van der Waals surface area (Å²) < 4.78 is 0. The molecule has 0 amide bonds. The highest BCUT2D eigenvalue weighted by molar-refractivity contribution is 7.09. The van der Waals surface area contributed by atoms with E-state index in [4.69, 9.17) is 0 Å². The lowest BCUT2D eigenvalue weighted by molar-refractivity contribution is 0.0336. The Morgan fingerprint density at radius 1 is 1.29 bits per heavy atom. The molecule has 5 heteroatoms. The SMILES string of the molecule is CN(C)CC(C)(O)CNCc1nc(-c2ccccc2)cs1. The topological polar surface area (TPSA) is 48.4 Å². The Morgan fingerprint density at radius 2 is 2.00 bits per heavy atom. The molecular weight excluding hydrogens is 282 g/mol. The Balaban J connectivity index is 1.86. The smallest absolute Gasteiger partial charge is 0.107 e. The predicted octanol–water partition coefficient (Wildman–Crippen LogP) is 2.21. The van der Waals surface area contributed by atoms with Gasteiger partial charge in [0.25, 0.3) is 0 Å². The average Bonchev–Trinajstić information content (AvgIpc) is 2.87. The molecule has 2 rings (SSSR count). The van der Waals surface area contributed by atoms with E-state index in [9.17, 15) is 5.11 Å². The Bertz CT molecular complexity index is 552. The fraction of sp³-hybridized carbons (Fsp3) is 0.438. The van der Waals surface area contributed by atoms with Gasteiger partial charge >= 0.3 is 0 Å². The van der Waals surface area contributed by atoms with E-state index in [0.29, 0.717) is 19.6 Å². The second-order valence-corrected chi connectivity index (χ2v) is 6.77. The van der Waals surface area contributed by atoms with Crippen molar-refractivity contribution < 1.29 is 5.11 Å². The van der Waals surface area contributed by atoms with Crippen LogP contribution in [-0.2, 0) is 6.54 Å². The number of aliphatic hydroxyl groups is 1. The maximum atomic E-state index is 10.2. The second-order valence-electron chi connectivity index (χ2n) is 5.83. The largest absolute Gasteiger partial charge is 0.388 e. The molecule has 2 N–H and O–H groups in total. The van der Waals surface area contributed by atoms with Crippen LogP contribution in [0.1, 0.15) is 11.9 Å². The van der Waals surface area contributed by atoms with E-state index in [0.717, 1.165) is 16.3 Å². The van der Waals surface area contributed by atoms with Crippen molar-refractivity contribution in [3.63, 3.8) is 0 Å². The normalized spacial score (nSPS) is 14.3. The van der Waals surface area contributed by atoms with Gasteiger partial charge in [-0.25, -0.2) is 4.98 Å². The molecule has 0 aliphatic carbocycles. The lowest BCUT2D eigenvalue weighted by Crippen LogP contribution is -2.45. The average molecular weight is 305 g/mol. The number of likely N-dealkylation sites (N-methyl/N-ethyl adjacent to an activating group) is 1. The molecular formula is C16H23N3OS. The van der Waals surface area contributed by atoms with Crippen LogP contribution in [0.5, 0.6) is 0 Å². The zero-order valence-electron chi connectivity index (χ0n) is 12.8. The first-order valence-corrected chi connectivity index (χ1v) is 7.92. The van der Waals surface area contributed by atoms with E-state index in [1.807, 2.05) is 44.1 Å². The van der Waals surface area contributed by atoms with E-state index in [1.165, 1.54) is 0 Å². The quantitative estimate of drug-likeness (QED) is 0.823. The van der Waals surface area contributed by atoms with E-state index in [-0.39, 0.29) is 0 Å². The minimum Gasteiger partial charge on any atom is -0.388 e. The zero-order chi connectivity index (χ0) is 15.3. The predicted molar refractivity (Wildman–Crippen MR) is 88.4 cm³/mol. The highest BCUT2D eigenvalue weighted by atomic mass is 32.1. The van der Waals surface area contributed by atoms with Gasteiger partial charge in [0, 0.05) is 30.6 Å². The van der Waals surface area contributed by atoms with Gasteiger partial charge in [-0.1, -0.05) is 30.3 Å². The standard InChI is InChI=1S/C16H23N3OS/c1-16(20,12-19(2)3)11-17-9-15-18-14(10-21-15)13-7-5-4-6-8-13/h4-8,10,17,20H,9,11-12H2,1-3H3. The summed E-state index contributed by atoms with van der Waals surface area (Å²) in [6, 6.07) is 10.2. The van der Waals surface area contributed by atoms with Gasteiger partial charge in [0.2, 0.25) is 0 Å². The summed E-state index contributed by atoms with van der Waals surface area (Å²) >= 11 is 1.64. The summed E-state index contributed by atoms with van der Waals surface area (Å²) in [7, 11) is 3.92. The van der Waals surface area contributed by atoms with E-state index in [1.54, 1.807) is 11.3 Å². The van der Waals surface area contributed by atoms with Crippen molar-refractivity contribution in [3.05, 3.63) is 40.7 Å². The lowest BCUT2D eigenvalue weighted by Gasteiger charge is -2.27. The van der Waals surface area contributed by atoms with E-state index in [2.05, 4.69) is 27.8 Å². The van der Waals surface area contributed by atoms with Crippen LogP contribution >= 0.6 is 11.3 Å². The third kappa shape index (κ3) is 5.21. The third-order valence-electron chi connectivity index (χ3n) is 3.06. The Hall–Kier alpha value is -1.27. The van der Waals surface area contributed by atoms with Crippen molar-refractivity contribution in [2.45, 2.75) is 19.1 Å². The van der Waals surface area contributed by atoms with Crippen LogP contribution in [0.4, 0.5) is 0 Å². The van der Waals surface area contributed by atoms with Gasteiger partial charge in [0.15, 0.2) is 0 Å². The molecule has 0 aliphatic rings. The summed E-state index contributed by atoms with van der Waals surface area (Å²) in [5.74, 6) is 0. The summed E-state index contributed by atoms with van der Waals surface area (Å²) in [6.07, 6.45) is 0. The number of thiazole rings is 1. The van der Waals surface area contributed by atoms with Crippen LogP contribution in [-0.4, -0.2) is 47.8 Å². The lowest BCUT2D eigenvalue weighted by atomic mass is 10.1. The van der Waals surface area contributed by atoms with Gasteiger partial charge in [-0.2, -0.15) is 0 Å². The van der Waals surface area contributed by atoms with Gasteiger partial charge in [-0.05, 0) is 21.0 Å². The Kier molecular flexibility index (Phi) is 5.47. The maximum Gasteiger partial charge on any atom is 0.107 e. The molecule has 0 aliphatic heterocycles. The van der Waals surface area contributed by atoms with E-state index >= 15 is 0 Å². The van der Waals surface area contributed by atoms with Gasteiger partial charge in [0.05, 0.1) is 11.3 Å². The van der Waals surface area contributed by atoms with Crippen molar-refractivity contribution in [1.82, 2.24) is 15.2 Å². The number of benzene rings is 1. The van der Waals surface area contributed by atoms with Crippen LogP contribution in [0.25, 0.3) is 11.3 Å². The number of aromatic nitrogens is 1. The molecule has 0 radical (unpaired) electrons. The number of hydrogen-bond acceptors (Lipinski definition) is 5. The van der Waals surface area contributed by atoms with Gasteiger partial charge in [-0.3, -0.25) is 0 Å². The van der Waals surface area contributed by atoms with Crippen molar-refractivity contribution in [3.8, 4) is 11.3 Å². The van der Waals surface area contributed by atoms with Crippen LogP contribution < -0.4 is 5.32 Å². The summed E-state index contributed by atoms with van der Waals surface area (Å²) in [5.41, 5.74) is 1.42. The molecule has 2 aromatic rings. The summed E-state index contributed by atoms with van der Waals surface area (Å²) in [4.78, 5) is 6.61. The molecule has 0 spiro atoms. The molecule has 1 heterocycles. The maximum absolute atomic E-state index is 10.2. The first-order chi connectivity index (χ1) is 9.96. The molecule has 1 aromatic carbocycles. The van der Waals surface area contributed by atoms with Crippen LogP contribution in [0, 0.1) is 0 Å². The first-order valence-electron chi connectivity index (χ1n) is 7.04. The van der Waals surface area contributed by atoms with Crippen LogP contribution in [0.3, 0.4) is 0 Å². The molecule has 4 nitrogen and oxygen atoms in total. The zero-order valence-corrected chi connectivity index (χ0v) is 13.7. The molecule has 0 saturated carbocycles. The number of nitrogens with zero attached hydrogens (tertiary/aromatic N) is 2. The highest BCUT2D eigenvalue weighted by Crippen LogP contribution is 2.21. The van der Waals surface area contributed by atoms with Crippen molar-refractivity contribution in [1.29, 1.82) is 0 Å². The highest BCUT2D eigenvalue weighted by Gasteiger charge is 2.20. The number of rotatable bonds is 7. The molecule has 1 atom stereocenters. The molecule has 1 aromatic heterocycles. The Labute approximate surface area is 130 Å². The van der Waals surface area contributed by atoms with Crippen molar-refractivity contribution >= 4 is 11.3 Å².